The fraction of sp³-hybridized carbons (Fsp3) is 0.294. The highest BCUT2D eigenvalue weighted by atomic mass is 16.5. The van der Waals surface area contributed by atoms with Gasteiger partial charge in [0.05, 0.1) is 5.69 Å². The molecular weight excluding hydrogens is 264 g/mol. The molecule has 0 aliphatic heterocycles. The summed E-state index contributed by atoms with van der Waals surface area (Å²) in [5.74, 6) is 1.02. The lowest BCUT2D eigenvalue weighted by Gasteiger charge is -2.09. The summed E-state index contributed by atoms with van der Waals surface area (Å²) < 4.78 is 5.70. The number of carbonyl (C=O) groups is 1. The molecule has 0 saturated heterocycles. The number of carbonyl (C=O) groups excluding carboxylic acids is 1. The van der Waals surface area contributed by atoms with E-state index in [2.05, 4.69) is 24.1 Å². The third-order valence-electron chi connectivity index (χ3n) is 3.15. The summed E-state index contributed by atoms with van der Waals surface area (Å²) in [7, 11) is 1.61. The molecular formula is C17H20N2O2. The first-order valence-electron chi connectivity index (χ1n) is 7.01. The van der Waals surface area contributed by atoms with Crippen molar-refractivity contribution < 1.29 is 9.53 Å². The summed E-state index contributed by atoms with van der Waals surface area (Å²) in [6.07, 6.45) is 0. The summed E-state index contributed by atoms with van der Waals surface area (Å²) >= 11 is 0. The van der Waals surface area contributed by atoms with Crippen LogP contribution in [0.5, 0.6) is 5.75 Å². The van der Waals surface area contributed by atoms with Crippen molar-refractivity contribution in [3.05, 3.63) is 59.4 Å². The van der Waals surface area contributed by atoms with E-state index in [9.17, 15) is 4.79 Å². The van der Waals surface area contributed by atoms with Gasteiger partial charge in [0.2, 0.25) is 0 Å². The Morgan fingerprint density at radius 3 is 2.52 bits per heavy atom. The van der Waals surface area contributed by atoms with Gasteiger partial charge in [0.25, 0.3) is 5.91 Å². The first kappa shape index (κ1) is 15.0. The van der Waals surface area contributed by atoms with E-state index in [1.165, 1.54) is 0 Å². The molecule has 4 heteroatoms. The molecule has 0 atom stereocenters. The SMILES string of the molecule is CNC(=O)c1ccc(OCc2cccc(C(C)C)n2)cc1. The van der Waals surface area contributed by atoms with E-state index in [1.54, 1.807) is 31.3 Å². The molecule has 0 spiro atoms. The summed E-state index contributed by atoms with van der Waals surface area (Å²) in [6, 6.07) is 13.0. The predicted octanol–water partition coefficient (Wildman–Crippen LogP) is 3.14. The number of hydrogen-bond donors (Lipinski definition) is 1. The van der Waals surface area contributed by atoms with Crippen LogP contribution in [0, 0.1) is 0 Å². The Bertz CT molecular complexity index is 606. The van der Waals surface area contributed by atoms with Gasteiger partial charge >= 0.3 is 0 Å². The molecule has 1 N–H and O–H groups in total. The Morgan fingerprint density at radius 1 is 1.19 bits per heavy atom. The van der Waals surface area contributed by atoms with Crippen molar-refractivity contribution in [1.29, 1.82) is 0 Å². The molecule has 2 aromatic rings. The van der Waals surface area contributed by atoms with E-state index in [0.29, 0.717) is 18.1 Å². The maximum Gasteiger partial charge on any atom is 0.251 e. The second kappa shape index (κ2) is 6.88. The summed E-state index contributed by atoms with van der Waals surface area (Å²) in [6.45, 7) is 4.65. The Morgan fingerprint density at radius 2 is 1.90 bits per heavy atom. The van der Waals surface area contributed by atoms with Crippen LogP contribution in [0.4, 0.5) is 0 Å². The quantitative estimate of drug-likeness (QED) is 0.917. The van der Waals surface area contributed by atoms with Crippen molar-refractivity contribution in [2.24, 2.45) is 0 Å². The fourth-order valence-electron chi connectivity index (χ4n) is 1.90. The largest absolute Gasteiger partial charge is 0.487 e. The molecule has 0 aliphatic carbocycles. The van der Waals surface area contributed by atoms with E-state index >= 15 is 0 Å². The first-order valence-corrected chi connectivity index (χ1v) is 7.01. The van der Waals surface area contributed by atoms with Crippen molar-refractivity contribution in [2.45, 2.75) is 26.4 Å². The van der Waals surface area contributed by atoms with E-state index in [0.717, 1.165) is 17.1 Å². The van der Waals surface area contributed by atoms with E-state index in [4.69, 9.17) is 4.74 Å². The summed E-state index contributed by atoms with van der Waals surface area (Å²) in [5.41, 5.74) is 2.58. The van der Waals surface area contributed by atoms with Gasteiger partial charge in [-0.05, 0) is 42.3 Å². The van der Waals surface area contributed by atoms with E-state index in [-0.39, 0.29) is 5.91 Å². The highest BCUT2D eigenvalue weighted by Crippen LogP contribution is 2.15. The number of hydrogen-bond acceptors (Lipinski definition) is 3. The lowest BCUT2D eigenvalue weighted by Crippen LogP contribution is -2.17. The molecule has 0 fully saturated rings. The molecule has 0 unspecified atom stereocenters. The van der Waals surface area contributed by atoms with E-state index < -0.39 is 0 Å². The van der Waals surface area contributed by atoms with Crippen LogP contribution in [-0.2, 0) is 6.61 Å². The molecule has 0 bridgehead atoms. The van der Waals surface area contributed by atoms with E-state index in [1.807, 2.05) is 18.2 Å². The monoisotopic (exact) mass is 284 g/mol. The lowest BCUT2D eigenvalue weighted by atomic mass is 10.1. The number of nitrogens with zero attached hydrogens (tertiary/aromatic N) is 1. The standard InChI is InChI=1S/C17H20N2O2/c1-12(2)16-6-4-5-14(19-16)11-21-15-9-7-13(8-10-15)17(20)18-3/h4-10,12H,11H2,1-3H3,(H,18,20). The van der Waals surface area contributed by atoms with Crippen molar-refractivity contribution in [3.8, 4) is 5.75 Å². The van der Waals surface area contributed by atoms with Gasteiger partial charge in [-0.1, -0.05) is 19.9 Å². The number of amides is 1. The van der Waals surface area contributed by atoms with Crippen molar-refractivity contribution in [3.63, 3.8) is 0 Å². The Hall–Kier alpha value is -2.36. The molecule has 1 heterocycles. The minimum absolute atomic E-state index is 0.104. The number of benzene rings is 1. The van der Waals surface area contributed by atoms with Gasteiger partial charge in [0.15, 0.2) is 0 Å². The number of aromatic nitrogens is 1. The van der Waals surface area contributed by atoms with Gasteiger partial charge in [0, 0.05) is 18.3 Å². The Kier molecular flexibility index (Phi) is 4.93. The molecule has 1 amide bonds. The van der Waals surface area contributed by atoms with Crippen LogP contribution >= 0.6 is 0 Å². The highest BCUT2D eigenvalue weighted by molar-refractivity contribution is 5.94. The van der Waals surface area contributed by atoms with Crippen LogP contribution < -0.4 is 10.1 Å². The van der Waals surface area contributed by atoms with Gasteiger partial charge in [-0.2, -0.15) is 0 Å². The van der Waals surface area contributed by atoms with Gasteiger partial charge in [-0.3, -0.25) is 9.78 Å². The molecule has 0 saturated carbocycles. The smallest absolute Gasteiger partial charge is 0.251 e. The number of ether oxygens (including phenoxy) is 1. The van der Waals surface area contributed by atoms with Gasteiger partial charge in [-0.15, -0.1) is 0 Å². The fourth-order valence-corrected chi connectivity index (χ4v) is 1.90. The Balaban J connectivity index is 2.00. The lowest BCUT2D eigenvalue weighted by molar-refractivity contribution is 0.0963. The van der Waals surface area contributed by atoms with Crippen molar-refractivity contribution in [1.82, 2.24) is 10.3 Å². The molecule has 1 aromatic carbocycles. The molecule has 110 valence electrons. The predicted molar refractivity (Wildman–Crippen MR) is 82.5 cm³/mol. The second-order valence-corrected chi connectivity index (χ2v) is 5.10. The topological polar surface area (TPSA) is 51.2 Å². The van der Waals surface area contributed by atoms with Gasteiger partial charge in [-0.25, -0.2) is 0 Å². The average molecular weight is 284 g/mol. The van der Waals surface area contributed by atoms with Crippen LogP contribution in [0.15, 0.2) is 42.5 Å². The third-order valence-corrected chi connectivity index (χ3v) is 3.15. The molecule has 4 nitrogen and oxygen atoms in total. The van der Waals surface area contributed by atoms with Crippen LogP contribution in [0.1, 0.15) is 41.5 Å². The van der Waals surface area contributed by atoms with Crippen LogP contribution in [0.3, 0.4) is 0 Å². The number of pyridine rings is 1. The normalized spacial score (nSPS) is 10.5. The molecule has 1 aromatic heterocycles. The zero-order valence-electron chi connectivity index (χ0n) is 12.6. The number of nitrogens with one attached hydrogen (secondary N) is 1. The zero-order chi connectivity index (χ0) is 15.2. The number of rotatable bonds is 5. The van der Waals surface area contributed by atoms with Crippen LogP contribution in [0.25, 0.3) is 0 Å². The highest BCUT2D eigenvalue weighted by Gasteiger charge is 2.05. The summed E-state index contributed by atoms with van der Waals surface area (Å²) in [5, 5.41) is 2.59. The molecule has 2 rings (SSSR count). The molecule has 0 radical (unpaired) electrons. The Labute approximate surface area is 125 Å². The van der Waals surface area contributed by atoms with Crippen LogP contribution in [-0.4, -0.2) is 17.9 Å². The molecule has 0 aliphatic rings. The second-order valence-electron chi connectivity index (χ2n) is 5.10. The average Bonchev–Trinajstić information content (AvgIpc) is 2.53. The maximum absolute atomic E-state index is 11.4. The van der Waals surface area contributed by atoms with Crippen LogP contribution in [0.2, 0.25) is 0 Å². The van der Waals surface area contributed by atoms with Gasteiger partial charge in [0.1, 0.15) is 12.4 Å². The first-order chi connectivity index (χ1) is 10.1. The van der Waals surface area contributed by atoms with Crippen molar-refractivity contribution in [2.75, 3.05) is 7.05 Å². The minimum atomic E-state index is -0.104. The third kappa shape index (κ3) is 4.05. The summed E-state index contributed by atoms with van der Waals surface area (Å²) in [4.78, 5) is 16.0. The maximum atomic E-state index is 11.4. The van der Waals surface area contributed by atoms with Gasteiger partial charge < -0.3 is 10.1 Å². The minimum Gasteiger partial charge on any atom is -0.487 e. The van der Waals surface area contributed by atoms with Crippen molar-refractivity contribution >= 4 is 5.91 Å². The zero-order valence-corrected chi connectivity index (χ0v) is 12.6. The molecule has 21 heavy (non-hydrogen) atoms.